The van der Waals surface area contributed by atoms with E-state index in [1.807, 2.05) is 13.8 Å². The molecule has 2 aromatic heterocycles. The Kier molecular flexibility index (Phi) is 6.66. The number of amides is 2. The number of aromatic nitrogens is 3. The van der Waals surface area contributed by atoms with E-state index in [0.717, 1.165) is 0 Å². The first-order chi connectivity index (χ1) is 16.5. The van der Waals surface area contributed by atoms with Gasteiger partial charge in [0.05, 0.1) is 18.7 Å². The van der Waals surface area contributed by atoms with E-state index < -0.39 is 11.6 Å². The average molecular weight is 482 g/mol. The molecule has 0 bridgehead atoms. The predicted molar refractivity (Wildman–Crippen MR) is 130 cm³/mol. The van der Waals surface area contributed by atoms with E-state index >= 15 is 0 Å². The fraction of sp³-hybridized carbons (Fsp3) is 0.440. The molecule has 10 nitrogen and oxygen atoms in total. The summed E-state index contributed by atoms with van der Waals surface area (Å²) in [6.07, 6.45) is 3.57. The number of oxazole rings is 1. The van der Waals surface area contributed by atoms with E-state index in [1.54, 1.807) is 55.9 Å². The minimum Gasteiger partial charge on any atom is -0.457 e. The van der Waals surface area contributed by atoms with Gasteiger partial charge < -0.3 is 24.5 Å². The molecule has 3 heterocycles. The Bertz CT molecular complexity index is 1270. The number of rotatable bonds is 9. The van der Waals surface area contributed by atoms with Gasteiger partial charge in [-0.25, -0.2) is 4.98 Å². The molecule has 1 unspecified atom stereocenters. The SMILES string of the molecule is Cc1nc2c(OC3=CC(=O)N(C(CC(C)C)C(=O)Nc4ccn(CC(C)(C)O)n4)C3)cccc2o1. The first kappa shape index (κ1) is 24.5. The second-order valence-corrected chi connectivity index (χ2v) is 9.86. The molecule has 186 valence electrons. The molecule has 3 aromatic rings. The third-order valence-corrected chi connectivity index (χ3v) is 5.44. The number of fused-ring (bicyclic) bond motifs is 1. The maximum Gasteiger partial charge on any atom is 0.251 e. The van der Waals surface area contributed by atoms with Gasteiger partial charge in [0.2, 0.25) is 5.91 Å². The first-order valence-corrected chi connectivity index (χ1v) is 11.6. The second kappa shape index (κ2) is 9.53. The van der Waals surface area contributed by atoms with Crippen LogP contribution in [0.15, 0.2) is 46.7 Å². The van der Waals surface area contributed by atoms with Crippen molar-refractivity contribution in [1.29, 1.82) is 0 Å². The van der Waals surface area contributed by atoms with Crippen molar-refractivity contribution in [1.82, 2.24) is 19.7 Å². The van der Waals surface area contributed by atoms with Gasteiger partial charge in [0.1, 0.15) is 11.8 Å². The number of nitrogens with zero attached hydrogens (tertiary/aromatic N) is 4. The van der Waals surface area contributed by atoms with Gasteiger partial charge in [0.25, 0.3) is 5.91 Å². The summed E-state index contributed by atoms with van der Waals surface area (Å²) in [4.78, 5) is 32.0. The van der Waals surface area contributed by atoms with Crippen molar-refractivity contribution in [3.05, 3.63) is 48.2 Å². The van der Waals surface area contributed by atoms with Gasteiger partial charge in [-0.05, 0) is 38.3 Å². The minimum absolute atomic E-state index is 0.157. The molecule has 1 aliphatic heterocycles. The molecule has 1 aromatic carbocycles. The highest BCUT2D eigenvalue weighted by Crippen LogP contribution is 2.29. The number of ether oxygens (including phenoxy) is 1. The fourth-order valence-electron chi connectivity index (χ4n) is 4.04. The standard InChI is InChI=1S/C25H31N5O5/c1-15(2)11-18(24(32)27-21-9-10-29(28-21)14-25(4,5)33)30-13-17(12-22(30)31)35-20-8-6-7-19-23(20)26-16(3)34-19/h6-10,12,15,18,33H,11,13-14H2,1-5H3,(H,27,28,32). The van der Waals surface area contributed by atoms with E-state index in [-0.39, 0.29) is 30.8 Å². The molecule has 10 heteroatoms. The lowest BCUT2D eigenvalue weighted by Gasteiger charge is -2.28. The molecule has 35 heavy (non-hydrogen) atoms. The first-order valence-electron chi connectivity index (χ1n) is 11.6. The smallest absolute Gasteiger partial charge is 0.251 e. The lowest BCUT2D eigenvalue weighted by molar-refractivity contribution is -0.133. The maximum atomic E-state index is 13.2. The van der Waals surface area contributed by atoms with Gasteiger partial charge >= 0.3 is 0 Å². The van der Waals surface area contributed by atoms with E-state index in [2.05, 4.69) is 15.4 Å². The molecule has 0 saturated carbocycles. The van der Waals surface area contributed by atoms with E-state index in [0.29, 0.717) is 40.7 Å². The number of nitrogens with one attached hydrogen (secondary N) is 1. The van der Waals surface area contributed by atoms with Crippen molar-refractivity contribution in [2.45, 2.75) is 59.2 Å². The Hall–Kier alpha value is -3.66. The number of aryl methyl sites for hydroxylation is 1. The summed E-state index contributed by atoms with van der Waals surface area (Å²) < 4.78 is 13.1. The van der Waals surface area contributed by atoms with Crippen molar-refractivity contribution in [2.24, 2.45) is 5.92 Å². The predicted octanol–water partition coefficient (Wildman–Crippen LogP) is 3.26. The summed E-state index contributed by atoms with van der Waals surface area (Å²) in [6, 6.07) is 6.32. The zero-order valence-electron chi connectivity index (χ0n) is 20.6. The Morgan fingerprint density at radius 2 is 2.09 bits per heavy atom. The molecule has 1 atom stereocenters. The molecule has 0 radical (unpaired) electrons. The quantitative estimate of drug-likeness (QED) is 0.481. The second-order valence-electron chi connectivity index (χ2n) is 9.86. The minimum atomic E-state index is -0.938. The molecular formula is C25H31N5O5. The number of aliphatic hydroxyl groups is 1. The van der Waals surface area contributed by atoms with Crippen molar-refractivity contribution in [2.75, 3.05) is 11.9 Å². The monoisotopic (exact) mass is 481 g/mol. The van der Waals surface area contributed by atoms with Crippen molar-refractivity contribution >= 4 is 28.7 Å². The molecule has 4 rings (SSSR count). The fourth-order valence-corrected chi connectivity index (χ4v) is 4.04. The summed E-state index contributed by atoms with van der Waals surface area (Å²) in [6.45, 7) is 9.56. The Balaban J connectivity index is 1.47. The van der Waals surface area contributed by atoms with Crippen LogP contribution in [0.2, 0.25) is 0 Å². The molecule has 2 N–H and O–H groups in total. The van der Waals surface area contributed by atoms with Gasteiger partial charge in [-0.15, -0.1) is 0 Å². The number of benzene rings is 1. The van der Waals surface area contributed by atoms with Crippen LogP contribution in [0.5, 0.6) is 5.75 Å². The van der Waals surface area contributed by atoms with Crippen molar-refractivity contribution in [3.63, 3.8) is 0 Å². The number of hydrogen-bond acceptors (Lipinski definition) is 7. The van der Waals surface area contributed by atoms with Gasteiger partial charge in [0, 0.05) is 25.3 Å². The zero-order chi connectivity index (χ0) is 25.3. The number of anilines is 1. The number of hydrogen-bond donors (Lipinski definition) is 2. The number of carbonyl (C=O) groups excluding carboxylic acids is 2. The third-order valence-electron chi connectivity index (χ3n) is 5.44. The summed E-state index contributed by atoms with van der Waals surface area (Å²) in [5.41, 5.74) is 0.241. The highest BCUT2D eigenvalue weighted by molar-refractivity contribution is 6.00. The summed E-state index contributed by atoms with van der Waals surface area (Å²) in [5.74, 6) is 1.34. The van der Waals surface area contributed by atoms with Crippen LogP contribution in [0.4, 0.5) is 5.82 Å². The van der Waals surface area contributed by atoms with E-state index in [1.165, 1.54) is 11.0 Å². The van der Waals surface area contributed by atoms with Crippen LogP contribution in [0.25, 0.3) is 11.1 Å². The largest absolute Gasteiger partial charge is 0.457 e. The Morgan fingerprint density at radius 1 is 1.31 bits per heavy atom. The lowest BCUT2D eigenvalue weighted by Crippen LogP contribution is -2.46. The van der Waals surface area contributed by atoms with Crippen LogP contribution in [-0.4, -0.2) is 54.8 Å². The van der Waals surface area contributed by atoms with Crippen LogP contribution < -0.4 is 10.1 Å². The lowest BCUT2D eigenvalue weighted by atomic mass is 10.0. The van der Waals surface area contributed by atoms with Crippen LogP contribution in [-0.2, 0) is 16.1 Å². The summed E-state index contributed by atoms with van der Waals surface area (Å²) >= 11 is 0. The molecule has 1 aliphatic rings. The summed E-state index contributed by atoms with van der Waals surface area (Å²) in [7, 11) is 0. The highest BCUT2D eigenvalue weighted by Gasteiger charge is 2.35. The Labute approximate surface area is 203 Å². The van der Waals surface area contributed by atoms with Crippen molar-refractivity contribution < 1.29 is 23.8 Å². The average Bonchev–Trinajstić information content (AvgIpc) is 3.43. The van der Waals surface area contributed by atoms with E-state index in [9.17, 15) is 14.7 Å². The van der Waals surface area contributed by atoms with Gasteiger partial charge in [-0.3, -0.25) is 14.3 Å². The van der Waals surface area contributed by atoms with Crippen LogP contribution >= 0.6 is 0 Å². The maximum absolute atomic E-state index is 13.2. The third kappa shape index (κ3) is 5.89. The zero-order valence-corrected chi connectivity index (χ0v) is 20.6. The topological polar surface area (TPSA) is 123 Å². The van der Waals surface area contributed by atoms with Crippen molar-refractivity contribution in [3.8, 4) is 5.75 Å². The molecule has 2 amide bonds. The number of carbonyl (C=O) groups is 2. The van der Waals surface area contributed by atoms with Crippen LogP contribution in [0.1, 0.15) is 40.0 Å². The number of para-hydroxylation sites is 1. The van der Waals surface area contributed by atoms with Gasteiger partial charge in [-0.2, -0.15) is 5.10 Å². The van der Waals surface area contributed by atoms with Gasteiger partial charge in [-0.1, -0.05) is 19.9 Å². The molecule has 0 aliphatic carbocycles. The molecular weight excluding hydrogens is 450 g/mol. The molecule has 0 spiro atoms. The van der Waals surface area contributed by atoms with E-state index in [4.69, 9.17) is 9.15 Å². The normalized spacial score (nSPS) is 15.1. The molecule has 0 fully saturated rings. The van der Waals surface area contributed by atoms with Crippen LogP contribution in [0, 0.1) is 12.8 Å². The summed E-state index contributed by atoms with van der Waals surface area (Å²) in [5, 5.41) is 17.1. The molecule has 0 saturated heterocycles. The van der Waals surface area contributed by atoms with Gasteiger partial charge in [0.15, 0.2) is 28.6 Å². The highest BCUT2D eigenvalue weighted by atomic mass is 16.5. The van der Waals surface area contributed by atoms with Crippen LogP contribution in [0.3, 0.4) is 0 Å². The Morgan fingerprint density at radius 3 is 2.80 bits per heavy atom.